The quantitative estimate of drug-likeness (QED) is 0.517. The standard InChI is InChI=1S/C26H27F7N4O3/c1-15(38)34-13-23(39)37-9-8-22(21(14-37)16-4-6-19(27)7-5-16)36(3)24(40)35(2)20-11-17(25(28,29)30)10-18(12-20)26(31,32)33/h4-7,10-12,21-22H,8-9,13-14H2,1-3H3,(H,34,38). The van der Waals surface area contributed by atoms with Gasteiger partial charge in [0, 0.05) is 51.8 Å². The van der Waals surface area contributed by atoms with Crippen molar-refractivity contribution in [3.8, 4) is 0 Å². The number of hydrogen-bond acceptors (Lipinski definition) is 3. The lowest BCUT2D eigenvalue weighted by atomic mass is 9.85. The van der Waals surface area contributed by atoms with Crippen molar-refractivity contribution >= 4 is 23.5 Å². The summed E-state index contributed by atoms with van der Waals surface area (Å²) >= 11 is 0. The number of piperidine rings is 1. The minimum atomic E-state index is -5.09. The van der Waals surface area contributed by atoms with Crippen LogP contribution in [0.15, 0.2) is 42.5 Å². The number of likely N-dealkylation sites (N-methyl/N-ethyl adjacent to an activating group) is 1. The predicted octanol–water partition coefficient (Wildman–Crippen LogP) is 4.87. The summed E-state index contributed by atoms with van der Waals surface area (Å²) in [5.74, 6) is -1.90. The van der Waals surface area contributed by atoms with Gasteiger partial charge in [0.1, 0.15) is 5.82 Å². The maximum atomic E-state index is 13.6. The number of halogens is 7. The lowest BCUT2D eigenvalue weighted by molar-refractivity contribution is -0.143. The number of alkyl halides is 6. The molecule has 1 saturated heterocycles. The molecule has 0 spiro atoms. The third kappa shape index (κ3) is 7.21. The summed E-state index contributed by atoms with van der Waals surface area (Å²) in [5, 5.41) is 2.41. The normalized spacial score (nSPS) is 17.8. The molecule has 7 nitrogen and oxygen atoms in total. The second kappa shape index (κ2) is 11.7. The summed E-state index contributed by atoms with van der Waals surface area (Å²) in [5.41, 5.74) is -3.17. The zero-order valence-electron chi connectivity index (χ0n) is 21.7. The highest BCUT2D eigenvalue weighted by molar-refractivity contribution is 5.92. The molecule has 218 valence electrons. The van der Waals surface area contributed by atoms with Crippen LogP contribution in [0, 0.1) is 5.82 Å². The van der Waals surface area contributed by atoms with Crippen molar-refractivity contribution in [3.63, 3.8) is 0 Å². The Labute approximate surface area is 225 Å². The van der Waals surface area contributed by atoms with E-state index >= 15 is 0 Å². The van der Waals surface area contributed by atoms with Gasteiger partial charge in [-0.05, 0) is 42.3 Å². The molecule has 2 atom stereocenters. The van der Waals surface area contributed by atoms with Crippen molar-refractivity contribution in [2.45, 2.75) is 37.7 Å². The van der Waals surface area contributed by atoms with E-state index in [-0.39, 0.29) is 32.1 Å². The fraction of sp³-hybridized carbons (Fsp3) is 0.423. The van der Waals surface area contributed by atoms with Crippen molar-refractivity contribution in [2.24, 2.45) is 0 Å². The first-order valence-electron chi connectivity index (χ1n) is 12.1. The lowest BCUT2D eigenvalue weighted by Gasteiger charge is -2.43. The van der Waals surface area contributed by atoms with Gasteiger partial charge in [-0.3, -0.25) is 14.5 Å². The minimum absolute atomic E-state index is 0.0240. The summed E-state index contributed by atoms with van der Waals surface area (Å²) in [6, 6.07) is 4.69. The smallest absolute Gasteiger partial charge is 0.347 e. The number of urea groups is 1. The third-order valence-electron chi connectivity index (χ3n) is 6.76. The van der Waals surface area contributed by atoms with Crippen molar-refractivity contribution in [2.75, 3.05) is 38.6 Å². The van der Waals surface area contributed by atoms with Crippen LogP contribution in [0.3, 0.4) is 0 Å². The molecule has 14 heteroatoms. The van der Waals surface area contributed by atoms with Gasteiger partial charge in [0.05, 0.1) is 17.7 Å². The van der Waals surface area contributed by atoms with E-state index in [1.54, 1.807) is 0 Å². The number of anilines is 1. The van der Waals surface area contributed by atoms with Gasteiger partial charge in [-0.1, -0.05) is 12.1 Å². The molecule has 1 fully saturated rings. The highest BCUT2D eigenvalue weighted by Crippen LogP contribution is 2.39. The lowest BCUT2D eigenvalue weighted by Crippen LogP contribution is -2.55. The van der Waals surface area contributed by atoms with Gasteiger partial charge in [-0.25, -0.2) is 9.18 Å². The molecule has 0 aliphatic carbocycles. The van der Waals surface area contributed by atoms with Crippen molar-refractivity contribution in [1.29, 1.82) is 0 Å². The first-order valence-corrected chi connectivity index (χ1v) is 12.1. The summed E-state index contributed by atoms with van der Waals surface area (Å²) in [7, 11) is 2.42. The molecule has 4 amide bonds. The summed E-state index contributed by atoms with van der Waals surface area (Å²) in [4.78, 5) is 40.6. The second-order valence-electron chi connectivity index (χ2n) is 9.48. The molecule has 0 radical (unpaired) electrons. The van der Waals surface area contributed by atoms with Gasteiger partial charge in [0.15, 0.2) is 0 Å². The molecule has 2 aromatic carbocycles. The molecule has 0 aromatic heterocycles. The molecule has 40 heavy (non-hydrogen) atoms. The van der Waals surface area contributed by atoms with E-state index in [2.05, 4.69) is 5.32 Å². The molecule has 3 rings (SSSR count). The maximum absolute atomic E-state index is 13.6. The molecule has 1 N–H and O–H groups in total. The van der Waals surface area contributed by atoms with Crippen LogP contribution >= 0.6 is 0 Å². The Morgan fingerprint density at radius 2 is 1.50 bits per heavy atom. The van der Waals surface area contributed by atoms with Gasteiger partial charge < -0.3 is 15.1 Å². The molecule has 2 aromatic rings. The molecule has 1 aliphatic rings. The second-order valence-corrected chi connectivity index (χ2v) is 9.48. The number of benzene rings is 2. The fourth-order valence-corrected chi connectivity index (χ4v) is 4.60. The first-order chi connectivity index (χ1) is 18.5. The van der Waals surface area contributed by atoms with Gasteiger partial charge in [0.2, 0.25) is 11.8 Å². The topological polar surface area (TPSA) is 73.0 Å². The number of carbonyl (C=O) groups excluding carboxylic acids is 3. The fourth-order valence-electron chi connectivity index (χ4n) is 4.60. The van der Waals surface area contributed by atoms with Gasteiger partial charge in [0.25, 0.3) is 0 Å². The number of nitrogens with zero attached hydrogens (tertiary/aromatic N) is 3. The highest BCUT2D eigenvalue weighted by Gasteiger charge is 2.40. The molecule has 0 saturated carbocycles. The van der Waals surface area contributed by atoms with Gasteiger partial charge in [-0.15, -0.1) is 0 Å². The highest BCUT2D eigenvalue weighted by atomic mass is 19.4. The number of rotatable bonds is 5. The number of nitrogens with one attached hydrogen (secondary N) is 1. The van der Waals surface area contributed by atoms with Crippen molar-refractivity contribution in [3.05, 3.63) is 65.0 Å². The monoisotopic (exact) mass is 576 g/mol. The summed E-state index contributed by atoms with van der Waals surface area (Å²) in [6.45, 7) is 1.21. The molecule has 1 aliphatic heterocycles. The molecular weight excluding hydrogens is 549 g/mol. The summed E-state index contributed by atoms with van der Waals surface area (Å²) in [6.07, 6.45) is -9.98. The van der Waals surface area contributed by atoms with E-state index in [1.165, 1.54) is 48.0 Å². The van der Waals surface area contributed by atoms with E-state index in [1.807, 2.05) is 0 Å². The Bertz CT molecular complexity index is 1220. The Morgan fingerprint density at radius 3 is 2.00 bits per heavy atom. The minimum Gasteiger partial charge on any atom is -0.347 e. The van der Waals surface area contributed by atoms with Gasteiger partial charge >= 0.3 is 18.4 Å². The van der Waals surface area contributed by atoms with Crippen LogP contribution in [0.2, 0.25) is 0 Å². The Kier molecular flexibility index (Phi) is 9.00. The van der Waals surface area contributed by atoms with E-state index in [9.17, 15) is 45.1 Å². The number of amides is 4. The molecule has 1 heterocycles. The van der Waals surface area contributed by atoms with Crippen LogP contribution in [0.25, 0.3) is 0 Å². The van der Waals surface area contributed by atoms with Crippen molar-refractivity contribution in [1.82, 2.24) is 15.1 Å². The first kappa shape index (κ1) is 30.7. The zero-order chi connectivity index (χ0) is 30.0. The number of likely N-dealkylation sites (tertiary alicyclic amines) is 1. The van der Waals surface area contributed by atoms with Crippen molar-refractivity contribution < 1.29 is 45.1 Å². The Balaban J connectivity index is 1.92. The van der Waals surface area contributed by atoms with Crippen LogP contribution in [-0.2, 0) is 21.9 Å². The average molecular weight is 577 g/mol. The van der Waals surface area contributed by atoms with E-state index in [0.29, 0.717) is 22.6 Å². The van der Waals surface area contributed by atoms with E-state index < -0.39 is 64.8 Å². The number of carbonyl (C=O) groups is 3. The van der Waals surface area contributed by atoms with E-state index in [0.717, 1.165) is 7.05 Å². The third-order valence-corrected chi connectivity index (χ3v) is 6.76. The molecular formula is C26H27F7N4O3. The van der Waals surface area contributed by atoms with Crippen LogP contribution in [0.4, 0.5) is 41.2 Å². The SMILES string of the molecule is CC(=O)NCC(=O)N1CCC(N(C)C(=O)N(C)c2cc(C(F)(F)F)cc(C(F)(F)F)c2)C(c2ccc(F)cc2)C1. The van der Waals surface area contributed by atoms with Crippen LogP contribution in [-0.4, -0.2) is 67.4 Å². The average Bonchev–Trinajstić information content (AvgIpc) is 2.89. The molecule has 0 bridgehead atoms. The largest absolute Gasteiger partial charge is 0.416 e. The Morgan fingerprint density at radius 1 is 0.950 bits per heavy atom. The molecule has 2 unspecified atom stereocenters. The van der Waals surface area contributed by atoms with Crippen LogP contribution < -0.4 is 10.2 Å². The summed E-state index contributed by atoms with van der Waals surface area (Å²) < 4.78 is 93.7. The van der Waals surface area contributed by atoms with Gasteiger partial charge in [-0.2, -0.15) is 26.3 Å². The van der Waals surface area contributed by atoms with E-state index in [4.69, 9.17) is 0 Å². The predicted molar refractivity (Wildman–Crippen MR) is 131 cm³/mol. The number of hydrogen-bond donors (Lipinski definition) is 1. The van der Waals surface area contributed by atoms with Crippen LogP contribution in [0.5, 0.6) is 0 Å². The van der Waals surface area contributed by atoms with Crippen LogP contribution in [0.1, 0.15) is 36.0 Å². The zero-order valence-corrected chi connectivity index (χ0v) is 21.7. The maximum Gasteiger partial charge on any atom is 0.416 e. The Hall–Kier alpha value is -3.84.